The van der Waals surface area contributed by atoms with Crippen molar-refractivity contribution >= 4 is 12.0 Å². The van der Waals surface area contributed by atoms with E-state index in [4.69, 9.17) is 14.9 Å². The molecular weight excluding hydrogens is 348 g/mol. The average Bonchev–Trinajstić information content (AvgIpc) is 3.18. The minimum atomic E-state index is -0.696. The number of hydrogen-bond donors (Lipinski definition) is 2. The lowest BCUT2D eigenvalue weighted by Crippen LogP contribution is -2.28. The number of rotatable bonds is 6. The maximum absolute atomic E-state index is 12.3. The Morgan fingerprint density at radius 2 is 1.81 bits per heavy atom. The summed E-state index contributed by atoms with van der Waals surface area (Å²) in [7, 11) is 0. The van der Waals surface area contributed by atoms with Crippen molar-refractivity contribution in [1.29, 1.82) is 0 Å². The fraction of sp³-hybridized carbons (Fsp3) is 0.158. The van der Waals surface area contributed by atoms with Gasteiger partial charge in [-0.05, 0) is 36.8 Å². The van der Waals surface area contributed by atoms with Gasteiger partial charge in [-0.1, -0.05) is 30.3 Å². The van der Waals surface area contributed by atoms with E-state index >= 15 is 0 Å². The quantitative estimate of drug-likeness (QED) is 0.647. The summed E-state index contributed by atoms with van der Waals surface area (Å²) in [6, 6.07) is 15.3. The Hall–Kier alpha value is -3.68. The first-order valence-electron chi connectivity index (χ1n) is 8.25. The highest BCUT2D eigenvalue weighted by atomic mass is 16.6. The molecule has 3 aromatic rings. The lowest BCUT2D eigenvalue weighted by atomic mass is 10.1. The number of primary amides is 1. The van der Waals surface area contributed by atoms with Gasteiger partial charge in [-0.3, -0.25) is 0 Å². The molecule has 0 aliphatic rings. The van der Waals surface area contributed by atoms with E-state index in [2.05, 4.69) is 15.5 Å². The smallest absolute Gasteiger partial charge is 0.338 e. The van der Waals surface area contributed by atoms with Crippen molar-refractivity contribution in [1.82, 2.24) is 15.5 Å². The number of benzene rings is 2. The van der Waals surface area contributed by atoms with Crippen molar-refractivity contribution in [2.45, 2.75) is 19.6 Å². The van der Waals surface area contributed by atoms with Crippen molar-refractivity contribution < 1.29 is 18.7 Å². The normalized spacial score (nSPS) is 11.6. The number of amides is 2. The van der Waals surface area contributed by atoms with Gasteiger partial charge in [0, 0.05) is 12.1 Å². The van der Waals surface area contributed by atoms with Gasteiger partial charge in [-0.15, -0.1) is 10.2 Å². The van der Waals surface area contributed by atoms with Crippen LogP contribution in [-0.2, 0) is 11.3 Å². The minimum absolute atomic E-state index is 0.212. The summed E-state index contributed by atoms with van der Waals surface area (Å²) in [5.41, 5.74) is 6.99. The maximum Gasteiger partial charge on any atom is 0.338 e. The van der Waals surface area contributed by atoms with Crippen LogP contribution < -0.4 is 11.1 Å². The minimum Gasteiger partial charge on any atom is -0.449 e. The van der Waals surface area contributed by atoms with E-state index in [1.165, 1.54) is 0 Å². The van der Waals surface area contributed by atoms with Crippen LogP contribution in [0.15, 0.2) is 59.0 Å². The zero-order valence-electron chi connectivity index (χ0n) is 14.6. The summed E-state index contributed by atoms with van der Waals surface area (Å²) in [6.45, 7) is 1.94. The van der Waals surface area contributed by atoms with E-state index in [0.717, 1.165) is 11.1 Å². The van der Waals surface area contributed by atoms with Crippen molar-refractivity contribution in [3.05, 3.63) is 71.6 Å². The molecule has 27 heavy (non-hydrogen) atoms. The monoisotopic (exact) mass is 366 g/mol. The standard InChI is InChI=1S/C19H18N4O4/c1-12(16-22-23-17(27-16)14-5-3-2-4-6-14)26-18(24)15-9-7-13(8-10-15)11-21-19(20)25/h2-10,12H,11H2,1H3,(H3,20,21,25)/t12-/m1/s1. The molecule has 1 atom stereocenters. The Kier molecular flexibility index (Phi) is 5.46. The molecule has 0 fully saturated rings. The number of aromatic nitrogens is 2. The van der Waals surface area contributed by atoms with Crippen LogP contribution in [0.1, 0.15) is 34.8 Å². The largest absolute Gasteiger partial charge is 0.449 e. The second-order valence-corrected chi connectivity index (χ2v) is 5.77. The van der Waals surface area contributed by atoms with E-state index in [0.29, 0.717) is 11.5 Å². The molecule has 0 unspecified atom stereocenters. The van der Waals surface area contributed by atoms with E-state index < -0.39 is 18.1 Å². The zero-order valence-corrected chi connectivity index (χ0v) is 14.6. The average molecular weight is 366 g/mol. The first-order chi connectivity index (χ1) is 13.0. The van der Waals surface area contributed by atoms with Crippen LogP contribution in [0.3, 0.4) is 0 Å². The lowest BCUT2D eigenvalue weighted by molar-refractivity contribution is 0.0280. The van der Waals surface area contributed by atoms with Gasteiger partial charge in [0.15, 0.2) is 6.10 Å². The number of nitrogens with one attached hydrogen (secondary N) is 1. The van der Waals surface area contributed by atoms with Gasteiger partial charge in [0.2, 0.25) is 5.89 Å². The third-order valence-corrected chi connectivity index (χ3v) is 3.75. The molecule has 1 heterocycles. The SMILES string of the molecule is C[C@@H](OC(=O)c1ccc(CNC(N)=O)cc1)c1nnc(-c2ccccc2)o1. The molecule has 0 radical (unpaired) electrons. The Labute approximate surface area is 155 Å². The number of esters is 1. The van der Waals surface area contributed by atoms with Crippen LogP contribution in [0.25, 0.3) is 11.5 Å². The van der Waals surface area contributed by atoms with Gasteiger partial charge in [0.05, 0.1) is 5.56 Å². The molecule has 1 aromatic heterocycles. The molecule has 0 aliphatic heterocycles. The molecule has 8 nitrogen and oxygen atoms in total. The predicted molar refractivity (Wildman–Crippen MR) is 96.4 cm³/mol. The van der Waals surface area contributed by atoms with Crippen LogP contribution >= 0.6 is 0 Å². The second kappa shape index (κ2) is 8.13. The van der Waals surface area contributed by atoms with Crippen molar-refractivity contribution in [2.24, 2.45) is 5.73 Å². The molecule has 0 spiro atoms. The number of urea groups is 1. The second-order valence-electron chi connectivity index (χ2n) is 5.77. The van der Waals surface area contributed by atoms with Crippen LogP contribution in [0.5, 0.6) is 0 Å². The summed E-state index contributed by atoms with van der Waals surface area (Å²) in [5.74, 6) is 0.0562. The summed E-state index contributed by atoms with van der Waals surface area (Å²) in [6.07, 6.45) is -0.696. The first kappa shape index (κ1) is 18.1. The number of ether oxygens (including phenoxy) is 1. The van der Waals surface area contributed by atoms with Crippen molar-refractivity contribution in [3.8, 4) is 11.5 Å². The Balaban J connectivity index is 1.62. The van der Waals surface area contributed by atoms with Gasteiger partial charge < -0.3 is 20.2 Å². The Morgan fingerprint density at radius 1 is 1.11 bits per heavy atom. The molecule has 2 aromatic carbocycles. The number of nitrogens with two attached hydrogens (primary N) is 1. The van der Waals surface area contributed by atoms with Gasteiger partial charge in [-0.2, -0.15) is 0 Å². The molecule has 0 saturated carbocycles. The number of carbonyl (C=O) groups is 2. The lowest BCUT2D eigenvalue weighted by Gasteiger charge is -2.10. The van der Waals surface area contributed by atoms with Crippen LogP contribution in [0.2, 0.25) is 0 Å². The molecular formula is C19H18N4O4. The van der Waals surface area contributed by atoms with Gasteiger partial charge in [0.1, 0.15) is 0 Å². The summed E-state index contributed by atoms with van der Waals surface area (Å²) in [4.78, 5) is 23.0. The molecule has 3 rings (SSSR count). The number of nitrogens with zero attached hydrogens (tertiary/aromatic N) is 2. The molecule has 0 saturated heterocycles. The molecule has 0 bridgehead atoms. The molecule has 0 aliphatic carbocycles. The third-order valence-electron chi connectivity index (χ3n) is 3.75. The number of carbonyl (C=O) groups excluding carboxylic acids is 2. The Bertz CT molecular complexity index is 922. The number of hydrogen-bond acceptors (Lipinski definition) is 6. The fourth-order valence-corrected chi connectivity index (χ4v) is 2.32. The third kappa shape index (κ3) is 4.69. The van der Waals surface area contributed by atoms with Gasteiger partial charge in [0.25, 0.3) is 5.89 Å². The molecule has 2 amide bonds. The molecule has 3 N–H and O–H groups in total. The highest BCUT2D eigenvalue weighted by molar-refractivity contribution is 5.89. The van der Waals surface area contributed by atoms with E-state index in [9.17, 15) is 9.59 Å². The highest BCUT2D eigenvalue weighted by Crippen LogP contribution is 2.23. The van der Waals surface area contributed by atoms with Crippen molar-refractivity contribution in [2.75, 3.05) is 0 Å². The zero-order chi connectivity index (χ0) is 19.2. The first-order valence-corrected chi connectivity index (χ1v) is 8.25. The van der Waals surface area contributed by atoms with Crippen molar-refractivity contribution in [3.63, 3.8) is 0 Å². The Morgan fingerprint density at radius 3 is 2.48 bits per heavy atom. The maximum atomic E-state index is 12.3. The predicted octanol–water partition coefficient (Wildman–Crippen LogP) is 2.82. The van der Waals surface area contributed by atoms with Gasteiger partial charge in [-0.25, -0.2) is 9.59 Å². The summed E-state index contributed by atoms with van der Waals surface area (Å²) in [5, 5.41) is 10.4. The van der Waals surface area contributed by atoms with Crippen LogP contribution in [-0.4, -0.2) is 22.2 Å². The van der Waals surface area contributed by atoms with E-state index in [1.807, 2.05) is 30.3 Å². The van der Waals surface area contributed by atoms with Gasteiger partial charge >= 0.3 is 12.0 Å². The summed E-state index contributed by atoms with van der Waals surface area (Å²) >= 11 is 0. The fourth-order valence-electron chi connectivity index (χ4n) is 2.32. The van der Waals surface area contributed by atoms with E-state index in [-0.39, 0.29) is 12.4 Å². The van der Waals surface area contributed by atoms with Crippen LogP contribution in [0.4, 0.5) is 4.79 Å². The van der Waals surface area contributed by atoms with Crippen LogP contribution in [0, 0.1) is 0 Å². The summed E-state index contributed by atoms with van der Waals surface area (Å²) < 4.78 is 11.0. The highest BCUT2D eigenvalue weighted by Gasteiger charge is 2.20. The molecule has 8 heteroatoms. The topological polar surface area (TPSA) is 120 Å². The molecule has 138 valence electrons. The van der Waals surface area contributed by atoms with E-state index in [1.54, 1.807) is 31.2 Å².